The number of hydrogen-bond donors (Lipinski definition) is 1. The first-order valence-electron chi connectivity index (χ1n) is 13.0. The molecule has 1 N–H and O–H groups in total. The van der Waals surface area contributed by atoms with E-state index < -0.39 is 30.7 Å². The molecule has 2 heterocycles. The molecule has 0 bridgehead atoms. The van der Waals surface area contributed by atoms with Crippen molar-refractivity contribution in [2.75, 3.05) is 52.5 Å². The van der Waals surface area contributed by atoms with Crippen molar-refractivity contribution in [3.05, 3.63) is 47.5 Å². The molecular weight excluding hydrogens is 531 g/mol. The first-order chi connectivity index (χ1) is 18.9. The van der Waals surface area contributed by atoms with Gasteiger partial charge >= 0.3 is 6.18 Å². The Morgan fingerprint density at radius 3 is 2.52 bits per heavy atom. The molecule has 0 fully saturated rings. The van der Waals surface area contributed by atoms with E-state index in [0.717, 1.165) is 0 Å². The lowest BCUT2D eigenvalue weighted by Gasteiger charge is -2.36. The summed E-state index contributed by atoms with van der Waals surface area (Å²) in [5.74, 6) is 0.374. The summed E-state index contributed by atoms with van der Waals surface area (Å²) in [7, 11) is 3.16. The number of hydrogen-bond acceptors (Lipinski definition) is 7. The van der Waals surface area contributed by atoms with Crippen molar-refractivity contribution >= 4 is 17.5 Å². The molecule has 0 aliphatic carbocycles. The van der Waals surface area contributed by atoms with Crippen molar-refractivity contribution in [2.45, 2.75) is 38.6 Å². The minimum Gasteiger partial charge on any atom is -0.491 e. The molecule has 2 amide bonds. The van der Waals surface area contributed by atoms with Crippen LogP contribution in [-0.4, -0.2) is 87.1 Å². The Hall–Kier alpha value is -3.51. The molecule has 0 spiro atoms. The Bertz CT molecular complexity index is 1220. The van der Waals surface area contributed by atoms with E-state index >= 15 is 0 Å². The highest BCUT2D eigenvalue weighted by molar-refractivity contribution is 6.05. The Kier molecular flexibility index (Phi) is 9.09. The van der Waals surface area contributed by atoms with Crippen LogP contribution in [0.25, 0.3) is 0 Å². The van der Waals surface area contributed by atoms with E-state index in [1.807, 2.05) is 6.92 Å². The van der Waals surface area contributed by atoms with Crippen LogP contribution in [0.5, 0.6) is 17.2 Å². The molecule has 2 aliphatic heterocycles. The maximum Gasteiger partial charge on any atom is 0.390 e. The minimum atomic E-state index is -4.29. The molecule has 0 unspecified atom stereocenters. The molecule has 0 saturated carbocycles. The van der Waals surface area contributed by atoms with Crippen LogP contribution >= 0.6 is 0 Å². The number of halogens is 3. The molecular formula is C28H34F3N3O6. The van der Waals surface area contributed by atoms with E-state index in [2.05, 4.69) is 5.32 Å². The maximum absolute atomic E-state index is 13.4. The summed E-state index contributed by atoms with van der Waals surface area (Å²) in [5.41, 5.74) is 0.997. The van der Waals surface area contributed by atoms with Gasteiger partial charge in [0.1, 0.15) is 12.4 Å². The van der Waals surface area contributed by atoms with Crippen molar-refractivity contribution in [2.24, 2.45) is 5.92 Å². The maximum atomic E-state index is 13.4. The molecule has 3 atom stereocenters. The number of alkyl halides is 3. The van der Waals surface area contributed by atoms with E-state index in [9.17, 15) is 22.8 Å². The van der Waals surface area contributed by atoms with Gasteiger partial charge in [-0.15, -0.1) is 0 Å². The van der Waals surface area contributed by atoms with Crippen LogP contribution in [0.2, 0.25) is 0 Å². The Balaban J connectivity index is 1.59. The topological polar surface area (TPSA) is 89.6 Å². The summed E-state index contributed by atoms with van der Waals surface area (Å²) in [6, 6.07) is 9.14. The van der Waals surface area contributed by atoms with Crippen LogP contribution in [0.15, 0.2) is 36.4 Å². The molecule has 4 rings (SSSR count). The molecule has 0 radical (unpaired) electrons. The molecule has 2 aromatic carbocycles. The van der Waals surface area contributed by atoms with E-state index in [1.54, 1.807) is 55.3 Å². The van der Waals surface area contributed by atoms with E-state index in [0.29, 0.717) is 29.3 Å². The van der Waals surface area contributed by atoms with Gasteiger partial charge in [-0.25, -0.2) is 0 Å². The molecule has 0 saturated heterocycles. The second-order valence-corrected chi connectivity index (χ2v) is 10.2. The lowest BCUT2D eigenvalue weighted by molar-refractivity contribution is -0.140. The largest absolute Gasteiger partial charge is 0.491 e. The van der Waals surface area contributed by atoms with Gasteiger partial charge in [0, 0.05) is 57.2 Å². The second kappa shape index (κ2) is 12.3. The van der Waals surface area contributed by atoms with Crippen molar-refractivity contribution in [1.29, 1.82) is 0 Å². The molecule has 2 aromatic rings. The number of anilines is 1. The predicted molar refractivity (Wildman–Crippen MR) is 141 cm³/mol. The highest BCUT2D eigenvalue weighted by Crippen LogP contribution is 2.33. The third kappa shape index (κ3) is 7.16. The summed E-state index contributed by atoms with van der Waals surface area (Å²) in [6.07, 6.45) is -5.64. The lowest BCUT2D eigenvalue weighted by atomic mass is 10.0. The number of carbonyl (C=O) groups excluding carboxylic acids is 2. The zero-order chi connectivity index (χ0) is 29.0. The third-order valence-corrected chi connectivity index (χ3v) is 7.15. The zero-order valence-corrected chi connectivity index (χ0v) is 22.9. The quantitative estimate of drug-likeness (QED) is 0.574. The molecule has 9 nitrogen and oxygen atoms in total. The van der Waals surface area contributed by atoms with Gasteiger partial charge in [-0.3, -0.25) is 14.5 Å². The first-order valence-corrected chi connectivity index (χ1v) is 13.0. The van der Waals surface area contributed by atoms with E-state index in [4.69, 9.17) is 18.9 Å². The van der Waals surface area contributed by atoms with Crippen LogP contribution in [0, 0.1) is 5.92 Å². The molecule has 0 aromatic heterocycles. The number of carbonyl (C=O) groups is 2. The lowest BCUT2D eigenvalue weighted by Crippen LogP contribution is -2.47. The highest BCUT2D eigenvalue weighted by atomic mass is 19.4. The van der Waals surface area contributed by atoms with Crippen molar-refractivity contribution in [3.63, 3.8) is 0 Å². The van der Waals surface area contributed by atoms with Crippen LogP contribution < -0.4 is 19.5 Å². The third-order valence-electron chi connectivity index (χ3n) is 7.15. The first kappa shape index (κ1) is 29.5. The Labute approximate surface area is 231 Å². The van der Waals surface area contributed by atoms with E-state index in [-0.39, 0.29) is 49.6 Å². The normalized spacial score (nSPS) is 22.1. The summed E-state index contributed by atoms with van der Waals surface area (Å²) in [6.45, 7) is 4.18. The highest BCUT2D eigenvalue weighted by Gasteiger charge is 2.32. The van der Waals surface area contributed by atoms with Gasteiger partial charge in [0.2, 0.25) is 6.79 Å². The number of nitrogens with zero attached hydrogens (tertiary/aromatic N) is 2. The number of amides is 2. The van der Waals surface area contributed by atoms with E-state index in [1.165, 1.54) is 12.0 Å². The summed E-state index contributed by atoms with van der Waals surface area (Å²) in [5, 5.41) is 2.80. The number of rotatable bonds is 5. The fourth-order valence-electron chi connectivity index (χ4n) is 4.75. The summed E-state index contributed by atoms with van der Waals surface area (Å²) in [4.78, 5) is 29.5. The van der Waals surface area contributed by atoms with Gasteiger partial charge in [0.25, 0.3) is 11.8 Å². The molecule has 218 valence electrons. The molecule has 12 heteroatoms. The zero-order valence-electron chi connectivity index (χ0n) is 22.9. The average molecular weight is 566 g/mol. The monoisotopic (exact) mass is 565 g/mol. The fraction of sp³-hybridized carbons (Fsp3) is 0.500. The number of ether oxygens (including phenoxy) is 4. The van der Waals surface area contributed by atoms with Crippen molar-refractivity contribution in [3.8, 4) is 17.2 Å². The molecule has 2 aliphatic rings. The van der Waals surface area contributed by atoms with Gasteiger partial charge < -0.3 is 29.2 Å². The average Bonchev–Trinajstić information content (AvgIpc) is 3.39. The van der Waals surface area contributed by atoms with Crippen molar-refractivity contribution < 1.29 is 41.7 Å². The van der Waals surface area contributed by atoms with Gasteiger partial charge in [0.15, 0.2) is 11.5 Å². The second-order valence-electron chi connectivity index (χ2n) is 10.2. The van der Waals surface area contributed by atoms with Gasteiger partial charge in [-0.1, -0.05) is 6.92 Å². The van der Waals surface area contributed by atoms with Gasteiger partial charge in [-0.05, 0) is 43.2 Å². The number of nitrogens with one attached hydrogen (secondary N) is 1. The predicted octanol–water partition coefficient (Wildman–Crippen LogP) is 4.43. The number of benzene rings is 2. The Morgan fingerprint density at radius 1 is 1.05 bits per heavy atom. The summed E-state index contributed by atoms with van der Waals surface area (Å²) >= 11 is 0. The van der Waals surface area contributed by atoms with Gasteiger partial charge in [-0.2, -0.15) is 13.2 Å². The standard InChI is InChI=1S/C28H34F3N3O6/c1-17-13-34(10-9-28(29,30)31)18(2)15-38-23-12-20(6-7-21(23)27(36)33(3)14-25(17)37-4)32-26(35)19-5-8-22-24(11-19)40-16-39-22/h5-8,11-12,17-18,25H,9-10,13-16H2,1-4H3,(H,32,35)/t17-,18-,25-/m1/s1. The minimum absolute atomic E-state index is 0.0335. The van der Waals surface area contributed by atoms with Gasteiger partial charge in [0.05, 0.1) is 18.1 Å². The summed E-state index contributed by atoms with van der Waals surface area (Å²) < 4.78 is 61.5. The smallest absolute Gasteiger partial charge is 0.390 e. The SMILES string of the molecule is CO[C@@H]1CN(C)C(=O)c2ccc(NC(=O)c3ccc4c(c3)OCO4)cc2OC[C@@H](C)N(CCC(F)(F)F)C[C@H]1C. The van der Waals surface area contributed by atoms with Crippen LogP contribution in [0.1, 0.15) is 41.0 Å². The number of likely N-dealkylation sites (N-methyl/N-ethyl adjacent to an activating group) is 1. The number of fused-ring (bicyclic) bond motifs is 2. The fourth-order valence-corrected chi connectivity index (χ4v) is 4.75. The van der Waals surface area contributed by atoms with Crippen LogP contribution in [-0.2, 0) is 4.74 Å². The molecule has 40 heavy (non-hydrogen) atoms. The van der Waals surface area contributed by atoms with Crippen LogP contribution in [0.3, 0.4) is 0 Å². The van der Waals surface area contributed by atoms with Crippen LogP contribution in [0.4, 0.5) is 18.9 Å². The Morgan fingerprint density at radius 2 is 1.80 bits per heavy atom. The number of methoxy groups -OCH3 is 1. The van der Waals surface area contributed by atoms with Crippen molar-refractivity contribution in [1.82, 2.24) is 9.80 Å².